The smallest absolute Gasteiger partial charge is 0.325 e. The lowest BCUT2D eigenvalue weighted by Crippen LogP contribution is -2.40. The molecule has 0 aromatic carbocycles. The van der Waals surface area contributed by atoms with Crippen LogP contribution in [0.25, 0.3) is 0 Å². The average Bonchev–Trinajstić information content (AvgIpc) is 2.52. The van der Waals surface area contributed by atoms with Gasteiger partial charge in [-0.3, -0.25) is 19.2 Å². The minimum Gasteiger partial charge on any atom is -0.480 e. The molecule has 25 heavy (non-hydrogen) atoms. The molecule has 2 amide bonds. The zero-order valence-corrected chi connectivity index (χ0v) is 14.1. The maximum Gasteiger partial charge on any atom is 0.325 e. The monoisotopic (exact) mass is 364 g/mol. The third-order valence-corrected chi connectivity index (χ3v) is 2.71. The van der Waals surface area contributed by atoms with Crippen molar-refractivity contribution in [2.45, 2.75) is 25.9 Å². The Morgan fingerprint density at radius 1 is 0.720 bits per heavy atom. The second-order valence-electron chi connectivity index (χ2n) is 4.97. The number of carbonyl (C=O) groups is 4. The van der Waals surface area contributed by atoms with Gasteiger partial charge in [0, 0.05) is 0 Å². The van der Waals surface area contributed by atoms with Crippen LogP contribution in [0, 0.1) is 0 Å². The van der Waals surface area contributed by atoms with Crippen molar-refractivity contribution in [3.63, 3.8) is 0 Å². The van der Waals surface area contributed by atoms with Gasteiger partial charge in [0.2, 0.25) is 11.8 Å². The number of carbonyl (C=O) groups excluding carboxylic acids is 2. The van der Waals surface area contributed by atoms with E-state index in [1.54, 1.807) is 0 Å². The first-order valence-electron chi connectivity index (χ1n) is 7.51. The van der Waals surface area contributed by atoms with Crippen LogP contribution in [0.4, 0.5) is 0 Å². The van der Waals surface area contributed by atoms with Crippen LogP contribution in [-0.4, -0.2) is 85.7 Å². The molecule has 0 aliphatic carbocycles. The highest BCUT2D eigenvalue weighted by molar-refractivity contribution is 5.84. The summed E-state index contributed by atoms with van der Waals surface area (Å²) in [5, 5.41) is 21.7. The van der Waals surface area contributed by atoms with E-state index in [2.05, 4.69) is 10.6 Å². The molecule has 0 fully saturated rings. The van der Waals surface area contributed by atoms with Gasteiger partial charge in [-0.15, -0.1) is 0 Å². The number of hydrogen-bond donors (Lipinski definition) is 4. The number of nitrogens with one attached hydrogen (secondary N) is 2. The molecule has 0 unspecified atom stereocenters. The van der Waals surface area contributed by atoms with Crippen molar-refractivity contribution in [1.82, 2.24) is 10.6 Å². The summed E-state index contributed by atoms with van der Waals surface area (Å²) in [5.74, 6) is -3.36. The Balaban J connectivity index is 3.47. The minimum atomic E-state index is -1.14. The second kappa shape index (κ2) is 13.1. The summed E-state index contributed by atoms with van der Waals surface area (Å²) in [5.41, 5.74) is 0. The number of carboxylic acid groups (broad SMARTS) is 2. The molecule has 0 saturated heterocycles. The zero-order valence-electron chi connectivity index (χ0n) is 14.1. The van der Waals surface area contributed by atoms with Crippen molar-refractivity contribution in [2.24, 2.45) is 0 Å². The van der Waals surface area contributed by atoms with Gasteiger partial charge in [0.25, 0.3) is 0 Å². The minimum absolute atomic E-state index is 0.130. The van der Waals surface area contributed by atoms with Crippen molar-refractivity contribution in [3.05, 3.63) is 0 Å². The summed E-state index contributed by atoms with van der Waals surface area (Å²) < 4.78 is 15.1. The van der Waals surface area contributed by atoms with E-state index in [1.165, 1.54) is 13.8 Å². The van der Waals surface area contributed by atoms with Gasteiger partial charge >= 0.3 is 11.9 Å². The molecule has 4 N–H and O–H groups in total. The lowest BCUT2D eigenvalue weighted by molar-refractivity contribution is -0.142. The number of carboxylic acids is 2. The number of amides is 2. The van der Waals surface area contributed by atoms with Crippen LogP contribution in [-0.2, 0) is 33.4 Å². The summed E-state index contributed by atoms with van der Waals surface area (Å²) in [6, 6.07) is -1.97. The fraction of sp³-hybridized carbons (Fsp3) is 0.714. The summed E-state index contributed by atoms with van der Waals surface area (Å²) in [4.78, 5) is 43.6. The van der Waals surface area contributed by atoms with Crippen molar-refractivity contribution >= 4 is 23.8 Å². The van der Waals surface area contributed by atoms with E-state index in [9.17, 15) is 19.2 Å². The third kappa shape index (κ3) is 12.8. The Kier molecular flexibility index (Phi) is 11.9. The molecule has 144 valence electrons. The van der Waals surface area contributed by atoms with Crippen LogP contribution in [0.2, 0.25) is 0 Å². The highest BCUT2D eigenvalue weighted by Gasteiger charge is 2.14. The molecule has 0 aliphatic rings. The standard InChI is InChI=1S/C14H24N2O9/c1-9(13(19)20)15-11(17)7-24-5-3-23-4-6-25-8-12(18)16-10(2)14(21)22/h9-10H,3-8H2,1-2H3,(H,15,17)(H,16,18)(H,19,20)(H,21,22)/t9-,10-/m0/s1. The Morgan fingerprint density at radius 2 is 1.04 bits per heavy atom. The zero-order chi connectivity index (χ0) is 19.2. The van der Waals surface area contributed by atoms with Crippen molar-refractivity contribution in [1.29, 1.82) is 0 Å². The SMILES string of the molecule is C[C@H](NC(=O)COCCOCCOCC(=O)N[C@@H](C)C(=O)O)C(=O)O. The molecule has 0 aliphatic heterocycles. The van der Waals surface area contributed by atoms with E-state index in [0.29, 0.717) is 0 Å². The van der Waals surface area contributed by atoms with E-state index >= 15 is 0 Å². The maximum absolute atomic E-state index is 11.3. The second-order valence-corrected chi connectivity index (χ2v) is 4.97. The Hall–Kier alpha value is -2.24. The van der Waals surface area contributed by atoms with Gasteiger partial charge in [-0.2, -0.15) is 0 Å². The third-order valence-electron chi connectivity index (χ3n) is 2.71. The van der Waals surface area contributed by atoms with Crippen molar-refractivity contribution in [2.75, 3.05) is 39.6 Å². The van der Waals surface area contributed by atoms with Gasteiger partial charge < -0.3 is 35.1 Å². The predicted molar refractivity (Wildman–Crippen MR) is 82.9 cm³/mol. The molecule has 2 atom stereocenters. The number of hydrogen-bond acceptors (Lipinski definition) is 7. The highest BCUT2D eigenvalue weighted by Crippen LogP contribution is 1.86. The normalized spacial score (nSPS) is 12.9. The molecular formula is C14H24N2O9. The molecule has 11 heteroatoms. The first-order chi connectivity index (χ1) is 11.7. The van der Waals surface area contributed by atoms with Gasteiger partial charge in [-0.05, 0) is 13.8 Å². The number of ether oxygens (including phenoxy) is 3. The quantitative estimate of drug-likeness (QED) is 0.261. The van der Waals surface area contributed by atoms with Crippen LogP contribution in [0.1, 0.15) is 13.8 Å². The van der Waals surface area contributed by atoms with Gasteiger partial charge in [0.15, 0.2) is 0 Å². The van der Waals surface area contributed by atoms with Crippen molar-refractivity contribution in [3.8, 4) is 0 Å². The summed E-state index contributed by atoms with van der Waals surface area (Å²) in [6.45, 7) is 2.76. The lowest BCUT2D eigenvalue weighted by atomic mass is 10.3. The van der Waals surface area contributed by atoms with E-state index in [-0.39, 0.29) is 39.6 Å². The van der Waals surface area contributed by atoms with Crippen LogP contribution in [0.3, 0.4) is 0 Å². The molecule has 0 heterocycles. The van der Waals surface area contributed by atoms with Gasteiger partial charge in [0.05, 0.1) is 26.4 Å². The van der Waals surface area contributed by atoms with Crippen molar-refractivity contribution < 1.29 is 43.6 Å². The summed E-state index contributed by atoms with van der Waals surface area (Å²) in [6.07, 6.45) is 0. The molecule has 0 radical (unpaired) electrons. The maximum atomic E-state index is 11.3. The fourth-order valence-corrected chi connectivity index (χ4v) is 1.36. The fourth-order valence-electron chi connectivity index (χ4n) is 1.36. The Labute approximate surface area is 144 Å². The summed E-state index contributed by atoms with van der Waals surface area (Å²) in [7, 11) is 0. The first kappa shape index (κ1) is 22.8. The molecule has 0 spiro atoms. The van der Waals surface area contributed by atoms with Crippen LogP contribution >= 0.6 is 0 Å². The molecular weight excluding hydrogens is 340 g/mol. The van der Waals surface area contributed by atoms with Gasteiger partial charge in [-0.25, -0.2) is 0 Å². The topological polar surface area (TPSA) is 160 Å². The molecule has 0 aromatic rings. The van der Waals surface area contributed by atoms with E-state index < -0.39 is 35.8 Å². The molecule has 0 aromatic heterocycles. The van der Waals surface area contributed by atoms with Crippen LogP contribution in [0.5, 0.6) is 0 Å². The van der Waals surface area contributed by atoms with Gasteiger partial charge in [-0.1, -0.05) is 0 Å². The number of aliphatic carboxylic acids is 2. The van der Waals surface area contributed by atoms with E-state index in [1.807, 2.05) is 0 Å². The molecule has 0 bridgehead atoms. The predicted octanol–water partition coefficient (Wildman–Crippen LogP) is -1.79. The largest absolute Gasteiger partial charge is 0.480 e. The number of rotatable bonds is 14. The first-order valence-corrected chi connectivity index (χ1v) is 7.51. The molecule has 0 saturated carbocycles. The van der Waals surface area contributed by atoms with Crippen LogP contribution < -0.4 is 10.6 Å². The summed E-state index contributed by atoms with van der Waals surface area (Å²) >= 11 is 0. The highest BCUT2D eigenvalue weighted by atomic mass is 16.5. The Bertz CT molecular complexity index is 416. The lowest BCUT2D eigenvalue weighted by Gasteiger charge is -2.10. The van der Waals surface area contributed by atoms with E-state index in [0.717, 1.165) is 0 Å². The molecule has 0 rings (SSSR count). The Morgan fingerprint density at radius 3 is 1.36 bits per heavy atom. The van der Waals surface area contributed by atoms with E-state index in [4.69, 9.17) is 24.4 Å². The molecule has 11 nitrogen and oxygen atoms in total. The average molecular weight is 364 g/mol. The van der Waals surface area contributed by atoms with Gasteiger partial charge in [0.1, 0.15) is 25.3 Å². The van der Waals surface area contributed by atoms with Crippen LogP contribution in [0.15, 0.2) is 0 Å².